The van der Waals surface area contributed by atoms with Crippen LogP contribution >= 0.6 is 0 Å². The summed E-state index contributed by atoms with van der Waals surface area (Å²) in [6.07, 6.45) is -2.03. The van der Waals surface area contributed by atoms with Gasteiger partial charge in [0.2, 0.25) is 0 Å². The number of hydrogen-bond donors (Lipinski definition) is 2. The Morgan fingerprint density at radius 2 is 1.15 bits per heavy atom. The van der Waals surface area contributed by atoms with Crippen molar-refractivity contribution < 1.29 is 86.4 Å². The van der Waals surface area contributed by atoms with Gasteiger partial charge < -0.3 is 57.6 Å². The first-order valence-electron chi connectivity index (χ1n) is 22.1. The number of carbonyl (C=O) groups excluding carboxylic acids is 7. The molecule has 2 aliphatic heterocycles. The predicted octanol–water partition coefficient (Wildman–Crippen LogP) is 3.03. The predicted molar refractivity (Wildman–Crippen MR) is 227 cm³/mol. The molecule has 2 heterocycles. The highest BCUT2D eigenvalue weighted by Crippen LogP contribution is 2.36. The van der Waals surface area contributed by atoms with Gasteiger partial charge in [0.1, 0.15) is 55.6 Å². The minimum absolute atomic E-state index is 0.0384. The maximum atomic E-state index is 13.8. The lowest BCUT2D eigenvalue weighted by atomic mass is 9.79. The Balaban J connectivity index is 1.17. The third kappa shape index (κ3) is 18.3. The van der Waals surface area contributed by atoms with Crippen LogP contribution in [0.3, 0.4) is 0 Å². The Hall–Kier alpha value is -4.63. The highest BCUT2D eigenvalue weighted by Gasteiger charge is 2.43. The number of aliphatic hydroxyl groups is 2. The zero-order chi connectivity index (χ0) is 46.4. The molecule has 65 heavy (non-hydrogen) atoms. The number of ether oxygens (including phenoxy) is 9. The van der Waals surface area contributed by atoms with Crippen LogP contribution in [-0.2, 0) is 57.0 Å². The summed E-state index contributed by atoms with van der Waals surface area (Å²) in [5, 5.41) is 20.3. The van der Waals surface area contributed by atoms with Gasteiger partial charge in [-0.25, -0.2) is 0 Å². The Kier molecular flexibility index (Phi) is 21.4. The van der Waals surface area contributed by atoms with E-state index in [0.29, 0.717) is 77.2 Å². The Bertz CT molecular complexity index is 1870. The van der Waals surface area contributed by atoms with E-state index in [4.69, 9.17) is 42.6 Å². The molecule has 18 heteroatoms. The van der Waals surface area contributed by atoms with Crippen molar-refractivity contribution in [3.8, 4) is 0 Å². The summed E-state index contributed by atoms with van der Waals surface area (Å²) in [5.41, 5.74) is -1.26. The van der Waals surface area contributed by atoms with Gasteiger partial charge >= 0.3 is 11.9 Å². The van der Waals surface area contributed by atoms with Crippen molar-refractivity contribution in [1.82, 2.24) is 0 Å². The molecular weight excluding hydrogens is 852 g/mol. The van der Waals surface area contributed by atoms with Gasteiger partial charge in [0.05, 0.1) is 78.9 Å². The van der Waals surface area contributed by atoms with Crippen molar-refractivity contribution >= 4 is 41.4 Å². The van der Waals surface area contributed by atoms with Gasteiger partial charge in [-0.05, 0) is 25.0 Å². The SMILES string of the molecule is O=CC(CC(=O)c1ccc(C(=O)CCC(=O)OCC(O)COCCOCC2CO2)c(C(=O)CCC(=O)OCC(O)COCCOCC2CO2)c1)OC1(C(=O)c2ccccc2)CCCCC1. The van der Waals surface area contributed by atoms with Gasteiger partial charge in [-0.3, -0.25) is 28.8 Å². The molecule has 2 aromatic rings. The summed E-state index contributed by atoms with van der Waals surface area (Å²) >= 11 is 0. The van der Waals surface area contributed by atoms with Crippen LogP contribution in [0.5, 0.6) is 0 Å². The third-order valence-electron chi connectivity index (χ3n) is 10.7. The van der Waals surface area contributed by atoms with Crippen molar-refractivity contribution in [2.45, 2.75) is 100 Å². The smallest absolute Gasteiger partial charge is 0.306 e. The van der Waals surface area contributed by atoms with Crippen LogP contribution in [0.1, 0.15) is 106 Å². The second kappa shape index (κ2) is 27.1. The van der Waals surface area contributed by atoms with E-state index in [1.54, 1.807) is 30.3 Å². The summed E-state index contributed by atoms with van der Waals surface area (Å²) in [4.78, 5) is 92.4. The van der Waals surface area contributed by atoms with E-state index in [2.05, 4.69) is 0 Å². The standard InChI is InChI=1S/C47H60O18/c48-23-36(65-47(15-5-2-6-16-47)46(56)32-7-3-1-4-8-32)22-43(53)33-9-10-39(41(51)11-13-44(54)63-26-34(49)24-57-17-19-59-28-37-30-61-37)40(21-33)42(52)12-14-45(55)64-27-35(50)25-58-18-20-60-29-38-31-62-38/h1,3-4,7-10,21,23,34-38,49-50H,2,5-6,11-20,22,24-31H2. The lowest BCUT2D eigenvalue weighted by molar-refractivity contribution is -0.148. The van der Waals surface area contributed by atoms with Gasteiger partial charge in [0.25, 0.3) is 0 Å². The van der Waals surface area contributed by atoms with Gasteiger partial charge in [-0.2, -0.15) is 0 Å². The molecule has 5 unspecified atom stereocenters. The van der Waals surface area contributed by atoms with Gasteiger partial charge in [0, 0.05) is 41.5 Å². The number of aliphatic hydroxyl groups excluding tert-OH is 2. The second-order valence-electron chi connectivity index (χ2n) is 16.2. The molecule has 2 saturated heterocycles. The molecular formula is C47H60O18. The summed E-state index contributed by atoms with van der Waals surface area (Å²) in [6.45, 7) is 2.25. The van der Waals surface area contributed by atoms with Gasteiger partial charge in [-0.15, -0.1) is 0 Å². The summed E-state index contributed by atoms with van der Waals surface area (Å²) in [7, 11) is 0. The number of rotatable bonds is 34. The van der Waals surface area contributed by atoms with Crippen LogP contribution < -0.4 is 0 Å². The van der Waals surface area contributed by atoms with E-state index in [1.165, 1.54) is 18.2 Å². The summed E-state index contributed by atoms with van der Waals surface area (Å²) in [5.74, 6) is -3.84. The number of aldehydes is 1. The maximum absolute atomic E-state index is 13.8. The zero-order valence-electron chi connectivity index (χ0n) is 36.6. The van der Waals surface area contributed by atoms with Crippen molar-refractivity contribution in [2.75, 3.05) is 79.3 Å². The van der Waals surface area contributed by atoms with Crippen LogP contribution in [0.15, 0.2) is 48.5 Å². The molecule has 2 N–H and O–H groups in total. The number of esters is 2. The normalized spacial score (nSPS) is 18.7. The molecule has 2 aromatic carbocycles. The highest BCUT2D eigenvalue weighted by molar-refractivity contribution is 6.11. The minimum atomic E-state index is -1.31. The number of carbonyl (C=O) groups is 7. The van der Waals surface area contributed by atoms with E-state index in [-0.39, 0.29) is 67.7 Å². The van der Waals surface area contributed by atoms with E-state index >= 15 is 0 Å². The highest BCUT2D eigenvalue weighted by atomic mass is 16.6. The monoisotopic (exact) mass is 912 g/mol. The summed E-state index contributed by atoms with van der Waals surface area (Å²) < 4.78 is 47.9. The Morgan fingerprint density at radius 1 is 0.631 bits per heavy atom. The van der Waals surface area contributed by atoms with E-state index in [0.717, 1.165) is 6.42 Å². The molecule has 3 fully saturated rings. The number of ketones is 4. The lowest BCUT2D eigenvalue weighted by Crippen LogP contribution is -2.47. The minimum Gasteiger partial charge on any atom is -0.463 e. The molecule has 0 radical (unpaired) electrons. The van der Waals surface area contributed by atoms with Crippen LogP contribution in [0, 0.1) is 0 Å². The maximum Gasteiger partial charge on any atom is 0.306 e. The van der Waals surface area contributed by atoms with Gasteiger partial charge in [0.15, 0.2) is 23.1 Å². The zero-order valence-corrected chi connectivity index (χ0v) is 36.6. The van der Waals surface area contributed by atoms with Crippen molar-refractivity contribution in [1.29, 1.82) is 0 Å². The fourth-order valence-electron chi connectivity index (χ4n) is 7.03. The quantitative estimate of drug-likeness (QED) is 0.0337. The molecule has 1 saturated carbocycles. The van der Waals surface area contributed by atoms with Crippen molar-refractivity contribution in [3.05, 3.63) is 70.8 Å². The van der Waals surface area contributed by atoms with Crippen LogP contribution in [0.25, 0.3) is 0 Å². The first kappa shape index (κ1) is 51.4. The topological polar surface area (TPSA) is 250 Å². The molecule has 356 valence electrons. The van der Waals surface area contributed by atoms with Crippen molar-refractivity contribution in [2.24, 2.45) is 0 Å². The van der Waals surface area contributed by atoms with Crippen LogP contribution in [0.4, 0.5) is 0 Å². The Labute approximate surface area is 377 Å². The molecule has 18 nitrogen and oxygen atoms in total. The molecule has 0 aromatic heterocycles. The van der Waals surface area contributed by atoms with Gasteiger partial charge in [-0.1, -0.05) is 55.7 Å². The second-order valence-corrected chi connectivity index (χ2v) is 16.2. The first-order chi connectivity index (χ1) is 31.5. The first-order valence-corrected chi connectivity index (χ1v) is 22.1. The third-order valence-corrected chi connectivity index (χ3v) is 10.7. The van der Waals surface area contributed by atoms with E-state index in [1.807, 2.05) is 0 Å². The molecule has 5 atom stereocenters. The number of Topliss-reactive ketones (excluding diaryl/α,β-unsaturated/α-hetero) is 4. The number of epoxide rings is 2. The summed E-state index contributed by atoms with van der Waals surface area (Å²) in [6, 6.07) is 12.3. The average molecular weight is 913 g/mol. The van der Waals surface area contributed by atoms with E-state index < -0.39 is 91.9 Å². The fourth-order valence-corrected chi connectivity index (χ4v) is 7.03. The largest absolute Gasteiger partial charge is 0.463 e. The fraction of sp³-hybridized carbons (Fsp3) is 0.596. The van der Waals surface area contributed by atoms with Crippen LogP contribution in [0.2, 0.25) is 0 Å². The molecule has 3 aliphatic rings. The average Bonchev–Trinajstić information content (AvgIpc) is 4.28. The molecule has 0 bridgehead atoms. The molecule has 1 aliphatic carbocycles. The number of benzene rings is 2. The molecule has 0 amide bonds. The van der Waals surface area contributed by atoms with E-state index in [9.17, 15) is 43.8 Å². The molecule has 5 rings (SSSR count). The van der Waals surface area contributed by atoms with Crippen LogP contribution in [-0.4, -0.2) is 167 Å². The lowest BCUT2D eigenvalue weighted by Gasteiger charge is -2.37. The Morgan fingerprint density at radius 3 is 1.68 bits per heavy atom. The molecule has 0 spiro atoms. The van der Waals surface area contributed by atoms with Crippen molar-refractivity contribution in [3.63, 3.8) is 0 Å². The number of hydrogen-bond acceptors (Lipinski definition) is 18.